The van der Waals surface area contributed by atoms with Crippen LogP contribution >= 0.6 is 0 Å². The average Bonchev–Trinajstić information content (AvgIpc) is 2.97. The molecule has 0 aliphatic carbocycles. The Morgan fingerprint density at radius 3 is 2.45 bits per heavy atom. The SMILES string of the molecule is C[C@H](C(=O)NCc1ccc(Cn2cncn2)cc1)S(C)(=O)=O. The second kappa shape index (κ2) is 6.69. The number of rotatable bonds is 6. The third-order valence-electron chi connectivity index (χ3n) is 3.31. The second-order valence-corrected chi connectivity index (χ2v) is 7.47. The lowest BCUT2D eigenvalue weighted by Crippen LogP contribution is -2.36. The van der Waals surface area contributed by atoms with Crippen LogP contribution in [0, 0.1) is 0 Å². The van der Waals surface area contributed by atoms with Crippen LogP contribution in [0.4, 0.5) is 0 Å². The Kier molecular flexibility index (Phi) is 4.92. The molecule has 1 N–H and O–H groups in total. The highest BCUT2D eigenvalue weighted by Crippen LogP contribution is 2.06. The first-order valence-electron chi connectivity index (χ1n) is 6.73. The summed E-state index contributed by atoms with van der Waals surface area (Å²) in [6.45, 7) is 2.30. The van der Waals surface area contributed by atoms with Crippen LogP contribution in [0.1, 0.15) is 18.1 Å². The molecule has 0 saturated carbocycles. The minimum absolute atomic E-state index is 0.294. The number of hydrogen-bond donors (Lipinski definition) is 1. The zero-order valence-electron chi connectivity index (χ0n) is 12.4. The van der Waals surface area contributed by atoms with Crippen LogP contribution in [0.2, 0.25) is 0 Å². The third kappa shape index (κ3) is 4.39. The van der Waals surface area contributed by atoms with E-state index in [0.29, 0.717) is 13.1 Å². The van der Waals surface area contributed by atoms with Gasteiger partial charge in [0.25, 0.3) is 0 Å². The Balaban J connectivity index is 1.90. The Bertz CT molecular complexity index is 724. The van der Waals surface area contributed by atoms with Gasteiger partial charge in [-0.05, 0) is 18.1 Å². The maximum atomic E-state index is 11.7. The molecule has 0 radical (unpaired) electrons. The fourth-order valence-electron chi connectivity index (χ4n) is 1.79. The zero-order chi connectivity index (χ0) is 16.2. The first-order chi connectivity index (χ1) is 10.4. The molecule has 1 amide bonds. The van der Waals surface area contributed by atoms with Gasteiger partial charge in [-0.1, -0.05) is 24.3 Å². The lowest BCUT2D eigenvalue weighted by molar-refractivity contribution is -0.120. The first kappa shape index (κ1) is 16.2. The maximum absolute atomic E-state index is 11.7. The van der Waals surface area contributed by atoms with E-state index < -0.39 is 21.0 Å². The molecule has 1 heterocycles. The molecule has 0 spiro atoms. The van der Waals surface area contributed by atoms with E-state index in [0.717, 1.165) is 17.4 Å². The lowest BCUT2D eigenvalue weighted by Gasteiger charge is -2.10. The van der Waals surface area contributed by atoms with Crippen molar-refractivity contribution in [1.29, 1.82) is 0 Å². The van der Waals surface area contributed by atoms with Crippen LogP contribution in [0.5, 0.6) is 0 Å². The van der Waals surface area contributed by atoms with Crippen molar-refractivity contribution in [1.82, 2.24) is 20.1 Å². The molecule has 2 aromatic rings. The van der Waals surface area contributed by atoms with Crippen molar-refractivity contribution in [2.75, 3.05) is 6.26 Å². The molecule has 0 bridgehead atoms. The minimum Gasteiger partial charge on any atom is -0.351 e. The average molecular weight is 322 g/mol. The first-order valence-corrected chi connectivity index (χ1v) is 8.68. The van der Waals surface area contributed by atoms with E-state index in [9.17, 15) is 13.2 Å². The topological polar surface area (TPSA) is 93.9 Å². The summed E-state index contributed by atoms with van der Waals surface area (Å²) in [7, 11) is -3.37. The van der Waals surface area contributed by atoms with Crippen molar-refractivity contribution < 1.29 is 13.2 Å². The number of carbonyl (C=O) groups excluding carboxylic acids is 1. The number of aromatic nitrogens is 3. The summed E-state index contributed by atoms with van der Waals surface area (Å²) < 4.78 is 24.3. The summed E-state index contributed by atoms with van der Waals surface area (Å²) in [6.07, 6.45) is 4.17. The van der Waals surface area contributed by atoms with Crippen LogP contribution in [-0.4, -0.2) is 40.6 Å². The molecule has 8 heteroatoms. The largest absolute Gasteiger partial charge is 0.351 e. The smallest absolute Gasteiger partial charge is 0.238 e. The molecule has 22 heavy (non-hydrogen) atoms. The number of nitrogens with one attached hydrogen (secondary N) is 1. The van der Waals surface area contributed by atoms with Gasteiger partial charge in [-0.25, -0.2) is 18.1 Å². The predicted molar refractivity (Wildman–Crippen MR) is 81.7 cm³/mol. The molecule has 2 rings (SSSR count). The van der Waals surface area contributed by atoms with Gasteiger partial charge in [0.2, 0.25) is 5.91 Å². The van der Waals surface area contributed by atoms with E-state index in [1.807, 2.05) is 24.3 Å². The number of sulfone groups is 1. The molecule has 0 aliphatic rings. The Labute approximate surface area is 129 Å². The van der Waals surface area contributed by atoms with Crippen molar-refractivity contribution >= 4 is 15.7 Å². The second-order valence-electron chi connectivity index (χ2n) is 5.10. The normalized spacial score (nSPS) is 12.8. The van der Waals surface area contributed by atoms with Crippen LogP contribution in [-0.2, 0) is 27.7 Å². The molecule has 0 unspecified atom stereocenters. The van der Waals surface area contributed by atoms with Gasteiger partial charge >= 0.3 is 0 Å². The number of benzene rings is 1. The van der Waals surface area contributed by atoms with E-state index in [1.165, 1.54) is 13.3 Å². The van der Waals surface area contributed by atoms with E-state index in [1.54, 1.807) is 11.0 Å². The summed E-state index contributed by atoms with van der Waals surface area (Å²) >= 11 is 0. The van der Waals surface area contributed by atoms with E-state index in [4.69, 9.17) is 0 Å². The standard InChI is InChI=1S/C14H18N4O3S/c1-11(22(2,20)21)14(19)16-7-12-3-5-13(6-4-12)8-18-10-15-9-17-18/h3-6,9-11H,7-8H2,1-2H3,(H,16,19)/t11-/m1/s1. The van der Waals surface area contributed by atoms with Crippen molar-refractivity contribution in [2.45, 2.75) is 25.3 Å². The van der Waals surface area contributed by atoms with Crippen molar-refractivity contribution in [3.63, 3.8) is 0 Å². The van der Waals surface area contributed by atoms with Gasteiger partial charge in [-0.15, -0.1) is 0 Å². The van der Waals surface area contributed by atoms with Crippen LogP contribution < -0.4 is 5.32 Å². The van der Waals surface area contributed by atoms with Gasteiger partial charge in [0, 0.05) is 12.8 Å². The number of nitrogens with zero attached hydrogens (tertiary/aromatic N) is 3. The number of hydrogen-bond acceptors (Lipinski definition) is 5. The van der Waals surface area contributed by atoms with Gasteiger partial charge in [0.05, 0.1) is 6.54 Å². The Morgan fingerprint density at radius 1 is 1.27 bits per heavy atom. The molecule has 1 atom stereocenters. The summed E-state index contributed by atoms with van der Waals surface area (Å²) in [5.74, 6) is -0.491. The summed E-state index contributed by atoms with van der Waals surface area (Å²) in [5.41, 5.74) is 1.96. The fourth-order valence-corrected chi connectivity index (χ4v) is 2.26. The van der Waals surface area contributed by atoms with Crippen molar-refractivity contribution in [2.24, 2.45) is 0 Å². The molecule has 0 fully saturated rings. The molecule has 118 valence electrons. The number of carbonyl (C=O) groups is 1. The molecule has 7 nitrogen and oxygen atoms in total. The van der Waals surface area contributed by atoms with E-state index >= 15 is 0 Å². The predicted octanol–water partition coefficient (Wildman–Crippen LogP) is 0.376. The van der Waals surface area contributed by atoms with Gasteiger partial charge in [-0.3, -0.25) is 4.79 Å². The molecular formula is C14H18N4O3S. The van der Waals surface area contributed by atoms with Crippen molar-refractivity contribution in [3.8, 4) is 0 Å². The monoisotopic (exact) mass is 322 g/mol. The van der Waals surface area contributed by atoms with E-state index in [-0.39, 0.29) is 0 Å². The van der Waals surface area contributed by atoms with Crippen LogP contribution in [0.15, 0.2) is 36.9 Å². The highest BCUT2D eigenvalue weighted by molar-refractivity contribution is 7.92. The van der Waals surface area contributed by atoms with Crippen molar-refractivity contribution in [3.05, 3.63) is 48.0 Å². The molecular weight excluding hydrogens is 304 g/mol. The van der Waals surface area contributed by atoms with Crippen LogP contribution in [0.3, 0.4) is 0 Å². The molecule has 0 aliphatic heterocycles. The summed E-state index contributed by atoms with van der Waals surface area (Å²) in [5, 5.41) is 5.61. The highest BCUT2D eigenvalue weighted by Gasteiger charge is 2.22. The van der Waals surface area contributed by atoms with Gasteiger partial charge in [0.15, 0.2) is 9.84 Å². The van der Waals surface area contributed by atoms with Gasteiger partial charge < -0.3 is 5.32 Å². The molecule has 1 aromatic carbocycles. The zero-order valence-corrected chi connectivity index (χ0v) is 13.2. The lowest BCUT2D eigenvalue weighted by atomic mass is 10.1. The van der Waals surface area contributed by atoms with E-state index in [2.05, 4.69) is 15.4 Å². The highest BCUT2D eigenvalue weighted by atomic mass is 32.2. The maximum Gasteiger partial charge on any atom is 0.238 e. The summed E-state index contributed by atoms with van der Waals surface area (Å²) in [4.78, 5) is 15.6. The third-order valence-corrected chi connectivity index (χ3v) is 4.81. The number of amides is 1. The summed E-state index contributed by atoms with van der Waals surface area (Å²) in [6, 6.07) is 7.64. The quantitative estimate of drug-likeness (QED) is 0.829. The van der Waals surface area contributed by atoms with Gasteiger partial charge in [0.1, 0.15) is 17.9 Å². The van der Waals surface area contributed by atoms with Crippen LogP contribution in [0.25, 0.3) is 0 Å². The Hall–Kier alpha value is -2.22. The molecule has 0 saturated heterocycles. The Morgan fingerprint density at radius 2 is 1.91 bits per heavy atom. The minimum atomic E-state index is -3.37. The fraction of sp³-hybridized carbons (Fsp3) is 0.357. The molecule has 1 aromatic heterocycles. The van der Waals surface area contributed by atoms with Gasteiger partial charge in [-0.2, -0.15) is 5.10 Å².